The van der Waals surface area contributed by atoms with Gasteiger partial charge in [-0.05, 0) is 42.2 Å². The highest BCUT2D eigenvalue weighted by atomic mass is 16.4. The van der Waals surface area contributed by atoms with Crippen LogP contribution in [0.3, 0.4) is 0 Å². The standard InChI is InChI=1S/C18H17NO5/c20-14(21)7-12(13-2-1-5-24-13)19-17(22)15-8-3-4-9(11-6-10(8)11)16(15)18(19)23/h1-5,8-12,15-16H,6-7H2,(H,20,21)/t8-,9-,10-,11-,12+,15+,16+/m0/s1. The fourth-order valence-corrected chi connectivity index (χ4v) is 5.25. The molecule has 2 saturated carbocycles. The van der Waals surface area contributed by atoms with Crippen LogP contribution in [0.15, 0.2) is 35.0 Å². The summed E-state index contributed by atoms with van der Waals surface area (Å²) in [5.41, 5.74) is 0. The summed E-state index contributed by atoms with van der Waals surface area (Å²) in [6.45, 7) is 0. The molecule has 1 aromatic rings. The number of likely N-dealkylation sites (tertiary alicyclic amines) is 1. The molecule has 6 rings (SSSR count). The molecule has 3 fully saturated rings. The number of rotatable bonds is 4. The first-order valence-corrected chi connectivity index (χ1v) is 8.38. The van der Waals surface area contributed by atoms with E-state index in [1.807, 2.05) is 0 Å². The number of allylic oxidation sites excluding steroid dienone is 2. The normalized spacial score (nSPS) is 39.8. The summed E-state index contributed by atoms with van der Waals surface area (Å²) in [4.78, 5) is 38.6. The van der Waals surface area contributed by atoms with Crippen LogP contribution in [-0.4, -0.2) is 27.8 Å². The molecule has 5 aliphatic rings. The van der Waals surface area contributed by atoms with Crippen molar-refractivity contribution in [2.75, 3.05) is 0 Å². The molecule has 2 heterocycles. The zero-order valence-corrected chi connectivity index (χ0v) is 12.9. The van der Waals surface area contributed by atoms with Gasteiger partial charge < -0.3 is 9.52 Å². The molecule has 0 radical (unpaired) electrons. The summed E-state index contributed by atoms with van der Waals surface area (Å²) in [7, 11) is 0. The maximum atomic E-state index is 13.1. The molecular formula is C18H17NO5. The molecule has 124 valence electrons. The lowest BCUT2D eigenvalue weighted by Crippen LogP contribution is -2.40. The molecule has 0 unspecified atom stereocenters. The number of carbonyl (C=O) groups is 3. The van der Waals surface area contributed by atoms with Crippen molar-refractivity contribution in [3.05, 3.63) is 36.3 Å². The number of imide groups is 1. The summed E-state index contributed by atoms with van der Waals surface area (Å²) in [6, 6.07) is 2.40. The quantitative estimate of drug-likeness (QED) is 0.673. The van der Waals surface area contributed by atoms with Gasteiger partial charge in [0.15, 0.2) is 0 Å². The molecule has 2 amide bonds. The van der Waals surface area contributed by atoms with E-state index in [1.165, 1.54) is 11.2 Å². The number of nitrogens with zero attached hydrogens (tertiary/aromatic N) is 1. The third-order valence-corrected chi connectivity index (χ3v) is 6.25. The lowest BCUT2D eigenvalue weighted by molar-refractivity contribution is -0.146. The molecule has 6 nitrogen and oxygen atoms in total. The van der Waals surface area contributed by atoms with Gasteiger partial charge in [-0.25, -0.2) is 0 Å². The Hall–Kier alpha value is -2.37. The Labute approximate surface area is 138 Å². The number of furan rings is 1. The van der Waals surface area contributed by atoms with Crippen LogP contribution >= 0.6 is 0 Å². The van der Waals surface area contributed by atoms with E-state index in [1.54, 1.807) is 12.1 Å². The van der Waals surface area contributed by atoms with Gasteiger partial charge in [0.2, 0.25) is 11.8 Å². The van der Waals surface area contributed by atoms with Crippen molar-refractivity contribution in [3.8, 4) is 0 Å². The minimum atomic E-state index is -1.06. The Bertz CT molecular complexity index is 730. The van der Waals surface area contributed by atoms with Crippen LogP contribution in [0.4, 0.5) is 0 Å². The maximum absolute atomic E-state index is 13.1. The van der Waals surface area contributed by atoms with Crippen LogP contribution in [-0.2, 0) is 14.4 Å². The monoisotopic (exact) mass is 327 g/mol. The summed E-state index contributed by atoms with van der Waals surface area (Å²) in [5.74, 6) is -0.472. The maximum Gasteiger partial charge on any atom is 0.305 e. The first-order valence-electron chi connectivity index (χ1n) is 8.38. The van der Waals surface area contributed by atoms with Gasteiger partial charge in [-0.3, -0.25) is 19.3 Å². The average Bonchev–Trinajstić information content (AvgIpc) is 3.13. The second kappa shape index (κ2) is 4.59. The number of aliphatic carboxylic acids is 1. The van der Waals surface area contributed by atoms with Gasteiger partial charge in [0.1, 0.15) is 11.8 Å². The molecule has 2 bridgehead atoms. The van der Waals surface area contributed by atoms with Gasteiger partial charge in [0, 0.05) is 0 Å². The largest absolute Gasteiger partial charge is 0.481 e. The Morgan fingerprint density at radius 2 is 1.83 bits per heavy atom. The van der Waals surface area contributed by atoms with Crippen molar-refractivity contribution in [3.63, 3.8) is 0 Å². The van der Waals surface area contributed by atoms with Gasteiger partial charge in [-0.15, -0.1) is 0 Å². The molecule has 0 aromatic carbocycles. The van der Waals surface area contributed by atoms with Crippen molar-refractivity contribution >= 4 is 17.8 Å². The van der Waals surface area contributed by atoms with Crippen molar-refractivity contribution in [2.45, 2.75) is 18.9 Å². The summed E-state index contributed by atoms with van der Waals surface area (Å²) < 4.78 is 5.33. The van der Waals surface area contributed by atoms with Crippen LogP contribution in [0.5, 0.6) is 0 Å². The third kappa shape index (κ3) is 1.68. The molecule has 1 aliphatic heterocycles. The van der Waals surface area contributed by atoms with E-state index in [0.29, 0.717) is 17.6 Å². The minimum absolute atomic E-state index is 0.133. The zero-order chi connectivity index (χ0) is 16.6. The molecule has 24 heavy (non-hydrogen) atoms. The Morgan fingerprint density at radius 3 is 2.33 bits per heavy atom. The predicted molar refractivity (Wildman–Crippen MR) is 80.3 cm³/mol. The summed E-state index contributed by atoms with van der Waals surface area (Å²) >= 11 is 0. The van der Waals surface area contributed by atoms with Crippen LogP contribution in [0.25, 0.3) is 0 Å². The number of hydrogen-bond acceptors (Lipinski definition) is 4. The van der Waals surface area contributed by atoms with E-state index in [0.717, 1.165) is 6.42 Å². The highest BCUT2D eigenvalue weighted by Crippen LogP contribution is 2.65. The second-order valence-corrected chi connectivity index (χ2v) is 7.33. The molecule has 4 aliphatic carbocycles. The average molecular weight is 327 g/mol. The Balaban J connectivity index is 1.54. The number of carbonyl (C=O) groups excluding carboxylic acids is 2. The van der Waals surface area contributed by atoms with Gasteiger partial charge in [-0.2, -0.15) is 0 Å². The second-order valence-electron chi connectivity index (χ2n) is 7.33. The van der Waals surface area contributed by atoms with Gasteiger partial charge >= 0.3 is 5.97 Å². The fraction of sp³-hybridized carbons (Fsp3) is 0.500. The molecule has 0 spiro atoms. The smallest absolute Gasteiger partial charge is 0.305 e. The molecule has 1 saturated heterocycles. The first kappa shape index (κ1) is 14.0. The van der Waals surface area contributed by atoms with Crippen LogP contribution in [0, 0.1) is 35.5 Å². The van der Waals surface area contributed by atoms with E-state index in [9.17, 15) is 19.5 Å². The van der Waals surface area contributed by atoms with E-state index in [2.05, 4.69) is 12.2 Å². The predicted octanol–water partition coefficient (Wildman–Crippen LogP) is 1.85. The molecule has 1 N–H and O–H groups in total. The molecule has 6 heteroatoms. The van der Waals surface area contributed by atoms with Gasteiger partial charge in [0.25, 0.3) is 0 Å². The highest BCUT2D eigenvalue weighted by Gasteiger charge is 2.67. The topological polar surface area (TPSA) is 87.8 Å². The number of carboxylic acid groups (broad SMARTS) is 1. The van der Waals surface area contributed by atoms with Gasteiger partial charge in [0.05, 0.1) is 24.5 Å². The lowest BCUT2D eigenvalue weighted by Gasteiger charge is -2.37. The van der Waals surface area contributed by atoms with Crippen LogP contribution < -0.4 is 0 Å². The Kier molecular flexibility index (Phi) is 2.68. The molecule has 1 aromatic heterocycles. The van der Waals surface area contributed by atoms with E-state index < -0.39 is 12.0 Å². The molecular weight excluding hydrogens is 310 g/mol. The lowest BCUT2D eigenvalue weighted by atomic mass is 9.63. The van der Waals surface area contributed by atoms with Crippen LogP contribution in [0.2, 0.25) is 0 Å². The van der Waals surface area contributed by atoms with Crippen molar-refractivity contribution in [1.29, 1.82) is 0 Å². The van der Waals surface area contributed by atoms with Crippen molar-refractivity contribution in [1.82, 2.24) is 4.90 Å². The van der Waals surface area contributed by atoms with Crippen LogP contribution in [0.1, 0.15) is 24.6 Å². The molecule has 7 atom stereocenters. The Morgan fingerprint density at radius 1 is 1.21 bits per heavy atom. The number of hydrogen-bond donors (Lipinski definition) is 1. The number of carboxylic acids is 1. The fourth-order valence-electron chi connectivity index (χ4n) is 5.25. The first-order chi connectivity index (χ1) is 11.6. The third-order valence-electron chi connectivity index (χ3n) is 6.25. The van der Waals surface area contributed by atoms with Gasteiger partial charge in [-0.1, -0.05) is 12.2 Å². The van der Waals surface area contributed by atoms with E-state index >= 15 is 0 Å². The number of amides is 2. The highest BCUT2D eigenvalue weighted by molar-refractivity contribution is 6.06. The van der Waals surface area contributed by atoms with E-state index in [4.69, 9.17) is 4.42 Å². The van der Waals surface area contributed by atoms with Crippen molar-refractivity contribution < 1.29 is 23.9 Å². The summed E-state index contributed by atoms with van der Waals surface area (Å²) in [6.07, 6.45) is 6.41. The summed E-state index contributed by atoms with van der Waals surface area (Å²) in [5, 5.41) is 9.24. The van der Waals surface area contributed by atoms with E-state index in [-0.39, 0.29) is 41.9 Å². The van der Waals surface area contributed by atoms with Crippen molar-refractivity contribution in [2.24, 2.45) is 35.5 Å². The zero-order valence-electron chi connectivity index (χ0n) is 12.9. The SMILES string of the molecule is O=C(O)C[C@H](c1ccco1)N1C(=O)[C@@H]2[C@H]3C=C[C@@H]([C@@H]4C[C@@H]34)[C@H]2C1=O. The minimum Gasteiger partial charge on any atom is -0.481 e.